The van der Waals surface area contributed by atoms with Gasteiger partial charge in [-0.25, -0.2) is 24.9 Å². The standard InChI is InChI=1S/C23H25N9O2/c1-29-12-8-24-18(29)22(33,19-25-9-13-30(19)2)16-6-5-7-17(28-16)23(34,20-26-10-14-31(20)3)21-27-11-15-32(21)4/h5-15,33-34H,1-4H3. The number of hydrogen-bond acceptors (Lipinski definition) is 7. The lowest BCUT2D eigenvalue weighted by atomic mass is 9.92. The summed E-state index contributed by atoms with van der Waals surface area (Å²) >= 11 is 0. The van der Waals surface area contributed by atoms with Gasteiger partial charge in [0.15, 0.2) is 23.3 Å². The maximum atomic E-state index is 12.2. The summed E-state index contributed by atoms with van der Waals surface area (Å²) in [4.78, 5) is 22.4. The van der Waals surface area contributed by atoms with E-state index in [2.05, 4.69) is 19.9 Å². The van der Waals surface area contributed by atoms with Gasteiger partial charge in [-0.2, -0.15) is 0 Å². The van der Waals surface area contributed by atoms with E-state index in [1.807, 2.05) is 0 Å². The third-order valence-electron chi connectivity index (χ3n) is 6.07. The highest BCUT2D eigenvalue weighted by Gasteiger charge is 2.46. The van der Waals surface area contributed by atoms with Crippen LogP contribution in [0.25, 0.3) is 0 Å². The Kier molecular flexibility index (Phi) is 4.95. The molecule has 0 aromatic carbocycles. The molecule has 34 heavy (non-hydrogen) atoms. The summed E-state index contributed by atoms with van der Waals surface area (Å²) < 4.78 is 6.86. The summed E-state index contributed by atoms with van der Waals surface area (Å²) in [6.07, 6.45) is 13.4. The second-order valence-electron chi connectivity index (χ2n) is 8.28. The normalized spacial score (nSPS) is 12.4. The van der Waals surface area contributed by atoms with Crippen LogP contribution in [-0.2, 0) is 39.4 Å². The SMILES string of the molecule is Cn1ccnc1C(O)(c1cccc(C(O)(c2nccn2C)c2nccn2C)n1)c1nccn1C. The van der Waals surface area contributed by atoms with Crippen LogP contribution in [0.15, 0.2) is 67.8 Å². The molecular weight excluding hydrogens is 434 g/mol. The van der Waals surface area contributed by atoms with Crippen LogP contribution in [0, 0.1) is 0 Å². The van der Waals surface area contributed by atoms with Gasteiger partial charge in [0.25, 0.3) is 0 Å². The Morgan fingerprint density at radius 3 is 1.09 bits per heavy atom. The van der Waals surface area contributed by atoms with Crippen molar-refractivity contribution in [3.05, 3.63) is 102 Å². The van der Waals surface area contributed by atoms with Gasteiger partial charge in [0, 0.05) is 77.8 Å². The van der Waals surface area contributed by atoms with Gasteiger partial charge < -0.3 is 28.5 Å². The van der Waals surface area contributed by atoms with E-state index in [4.69, 9.17) is 4.98 Å². The summed E-state index contributed by atoms with van der Waals surface area (Å²) in [5, 5.41) is 24.3. The second-order valence-corrected chi connectivity index (χ2v) is 8.28. The predicted octanol–water partition coefficient (Wildman–Crippen LogP) is 0.584. The molecule has 0 bridgehead atoms. The number of imidazole rings is 4. The zero-order valence-corrected chi connectivity index (χ0v) is 19.3. The highest BCUT2D eigenvalue weighted by Crippen LogP contribution is 2.37. The molecule has 11 heteroatoms. The first-order valence-electron chi connectivity index (χ1n) is 10.6. The Bertz CT molecular complexity index is 1270. The molecule has 0 aliphatic rings. The van der Waals surface area contributed by atoms with Crippen LogP contribution in [-0.4, -0.2) is 53.4 Å². The fourth-order valence-corrected chi connectivity index (χ4v) is 4.35. The van der Waals surface area contributed by atoms with Gasteiger partial charge in [0.2, 0.25) is 11.2 Å². The summed E-state index contributed by atoms with van der Waals surface area (Å²) in [7, 11) is 7.16. The third kappa shape index (κ3) is 3.01. The van der Waals surface area contributed by atoms with Crippen LogP contribution in [0.2, 0.25) is 0 Å². The van der Waals surface area contributed by atoms with E-state index in [0.29, 0.717) is 23.3 Å². The van der Waals surface area contributed by atoms with Gasteiger partial charge in [-0.05, 0) is 12.1 Å². The van der Waals surface area contributed by atoms with E-state index in [-0.39, 0.29) is 11.4 Å². The molecule has 0 unspecified atom stereocenters. The van der Waals surface area contributed by atoms with Gasteiger partial charge in [0.05, 0.1) is 11.4 Å². The lowest BCUT2D eigenvalue weighted by molar-refractivity contribution is 0.0835. The zero-order chi connectivity index (χ0) is 24.1. The number of pyridine rings is 1. The number of aliphatic hydroxyl groups is 2. The molecule has 0 atom stereocenters. The molecule has 174 valence electrons. The van der Waals surface area contributed by atoms with E-state index < -0.39 is 11.2 Å². The van der Waals surface area contributed by atoms with Crippen molar-refractivity contribution in [1.29, 1.82) is 0 Å². The molecule has 0 aliphatic heterocycles. The average Bonchev–Trinajstić information content (AvgIpc) is 3.62. The maximum absolute atomic E-state index is 12.2. The van der Waals surface area contributed by atoms with E-state index in [9.17, 15) is 10.2 Å². The molecule has 5 heterocycles. The Labute approximate surface area is 195 Å². The Morgan fingerprint density at radius 1 is 0.559 bits per heavy atom. The highest BCUT2D eigenvalue weighted by molar-refractivity contribution is 5.39. The summed E-state index contributed by atoms with van der Waals surface area (Å²) in [5.41, 5.74) is -3.10. The lowest BCUT2D eigenvalue weighted by Gasteiger charge is -2.30. The number of nitrogens with zero attached hydrogens (tertiary/aromatic N) is 9. The molecule has 0 saturated carbocycles. The third-order valence-corrected chi connectivity index (χ3v) is 6.07. The Balaban J connectivity index is 1.78. The average molecular weight is 460 g/mol. The smallest absolute Gasteiger partial charge is 0.223 e. The van der Waals surface area contributed by atoms with Gasteiger partial charge in [0.1, 0.15) is 0 Å². The van der Waals surface area contributed by atoms with Crippen LogP contribution >= 0.6 is 0 Å². The van der Waals surface area contributed by atoms with Crippen molar-refractivity contribution in [2.24, 2.45) is 28.2 Å². The molecule has 0 amide bonds. The highest BCUT2D eigenvalue weighted by atomic mass is 16.3. The van der Waals surface area contributed by atoms with Crippen molar-refractivity contribution in [3.63, 3.8) is 0 Å². The largest absolute Gasteiger partial charge is 0.370 e. The minimum atomic E-state index is -1.79. The Hall–Kier alpha value is -4.09. The molecular formula is C23H25N9O2. The molecule has 0 fully saturated rings. The van der Waals surface area contributed by atoms with Crippen LogP contribution in [0.4, 0.5) is 0 Å². The molecule has 2 N–H and O–H groups in total. The lowest BCUT2D eigenvalue weighted by Crippen LogP contribution is -2.39. The van der Waals surface area contributed by atoms with E-state index >= 15 is 0 Å². The van der Waals surface area contributed by atoms with Crippen LogP contribution in [0.3, 0.4) is 0 Å². The molecule has 5 rings (SSSR count). The van der Waals surface area contributed by atoms with Crippen LogP contribution in [0.1, 0.15) is 34.7 Å². The number of rotatable bonds is 6. The zero-order valence-electron chi connectivity index (χ0n) is 19.3. The minimum Gasteiger partial charge on any atom is -0.370 e. The number of aromatic nitrogens is 9. The monoisotopic (exact) mass is 459 g/mol. The topological polar surface area (TPSA) is 125 Å². The molecule has 0 aliphatic carbocycles. The molecule has 0 spiro atoms. The first-order chi connectivity index (χ1) is 16.3. The fourth-order valence-electron chi connectivity index (χ4n) is 4.35. The fraction of sp³-hybridized carbons (Fsp3) is 0.261. The van der Waals surface area contributed by atoms with Gasteiger partial charge in [-0.1, -0.05) is 6.07 Å². The van der Waals surface area contributed by atoms with Crippen molar-refractivity contribution >= 4 is 0 Å². The first-order valence-corrected chi connectivity index (χ1v) is 10.6. The van der Waals surface area contributed by atoms with E-state index in [0.717, 1.165) is 0 Å². The van der Waals surface area contributed by atoms with Crippen molar-refractivity contribution in [3.8, 4) is 0 Å². The Morgan fingerprint density at radius 2 is 0.853 bits per heavy atom. The molecule has 0 radical (unpaired) electrons. The second kappa shape index (κ2) is 7.75. The van der Waals surface area contributed by atoms with Crippen molar-refractivity contribution in [2.45, 2.75) is 11.2 Å². The quantitative estimate of drug-likeness (QED) is 0.381. The summed E-state index contributed by atoms with van der Waals surface area (Å²) in [5.74, 6) is 1.35. The van der Waals surface area contributed by atoms with E-state index in [1.165, 1.54) is 0 Å². The molecule has 0 saturated heterocycles. The van der Waals surface area contributed by atoms with Crippen LogP contribution in [0.5, 0.6) is 0 Å². The number of aryl methyl sites for hydroxylation is 4. The van der Waals surface area contributed by atoms with Gasteiger partial charge >= 0.3 is 0 Å². The van der Waals surface area contributed by atoms with Crippen LogP contribution < -0.4 is 0 Å². The van der Waals surface area contributed by atoms with Gasteiger partial charge in [-0.3, -0.25) is 0 Å². The molecule has 11 nitrogen and oxygen atoms in total. The van der Waals surface area contributed by atoms with Crippen molar-refractivity contribution < 1.29 is 10.2 Å². The first kappa shape index (κ1) is 21.7. The number of hydrogen-bond donors (Lipinski definition) is 2. The molecule has 5 aromatic rings. The summed E-state index contributed by atoms with van der Waals surface area (Å²) in [6.45, 7) is 0. The maximum Gasteiger partial charge on any atom is 0.223 e. The summed E-state index contributed by atoms with van der Waals surface area (Å²) in [6, 6.07) is 5.10. The van der Waals surface area contributed by atoms with Crippen molar-refractivity contribution in [2.75, 3.05) is 0 Å². The van der Waals surface area contributed by atoms with Gasteiger partial charge in [-0.15, -0.1) is 0 Å². The molecule has 5 aromatic heterocycles. The predicted molar refractivity (Wildman–Crippen MR) is 121 cm³/mol. The minimum absolute atomic E-state index is 0.246. The van der Waals surface area contributed by atoms with Crippen molar-refractivity contribution in [1.82, 2.24) is 43.2 Å². The van der Waals surface area contributed by atoms with E-state index in [1.54, 1.807) is 114 Å².